The average Bonchev–Trinajstić information content (AvgIpc) is 2.73. The maximum absolute atomic E-state index is 13.7. The summed E-state index contributed by atoms with van der Waals surface area (Å²) in [7, 11) is 1.88. The molecule has 0 aliphatic carbocycles. The highest BCUT2D eigenvalue weighted by atomic mass is 19.4. The van der Waals surface area contributed by atoms with Gasteiger partial charge in [-0.1, -0.05) is 45.0 Å². The van der Waals surface area contributed by atoms with E-state index >= 15 is 0 Å². The Bertz CT molecular complexity index is 1320. The molecule has 0 aliphatic rings. The third-order valence-corrected chi connectivity index (χ3v) is 5.70. The summed E-state index contributed by atoms with van der Waals surface area (Å²) in [5, 5.41) is 0. The average molecular weight is 437 g/mol. The molecule has 0 amide bonds. The minimum atomic E-state index is -4.51. The van der Waals surface area contributed by atoms with Gasteiger partial charge in [-0.25, -0.2) is 4.57 Å². The number of aryl methyl sites for hydroxylation is 2. The zero-order valence-electron chi connectivity index (χ0n) is 18.7. The van der Waals surface area contributed by atoms with Crippen LogP contribution in [0.5, 0.6) is 0 Å². The van der Waals surface area contributed by atoms with Crippen LogP contribution in [0.2, 0.25) is 0 Å². The lowest BCUT2D eigenvalue weighted by Crippen LogP contribution is -2.31. The molecule has 0 aliphatic heterocycles. The van der Waals surface area contributed by atoms with Crippen molar-refractivity contribution in [1.29, 1.82) is 0 Å². The van der Waals surface area contributed by atoms with Crippen molar-refractivity contribution in [3.63, 3.8) is 0 Å². The predicted octanol–water partition coefficient (Wildman–Crippen LogP) is 6.41. The molecule has 0 saturated heterocycles. The molecule has 0 unspecified atom stereocenters. The van der Waals surface area contributed by atoms with Gasteiger partial charge in [-0.2, -0.15) is 13.2 Å². The zero-order chi connectivity index (χ0) is 23.3. The van der Waals surface area contributed by atoms with Crippen LogP contribution in [0.1, 0.15) is 37.5 Å². The van der Waals surface area contributed by atoms with E-state index < -0.39 is 11.7 Å². The van der Waals surface area contributed by atoms with Crippen LogP contribution in [0, 0.1) is 6.92 Å². The van der Waals surface area contributed by atoms with Gasteiger partial charge in [-0.05, 0) is 40.7 Å². The molecule has 0 bridgehead atoms. The molecule has 6 heteroatoms. The Hall–Kier alpha value is -3.28. The van der Waals surface area contributed by atoms with E-state index in [1.165, 1.54) is 24.0 Å². The molecule has 2 aromatic heterocycles. The number of aromatic nitrogens is 3. The first-order chi connectivity index (χ1) is 15.0. The summed E-state index contributed by atoms with van der Waals surface area (Å²) in [6.45, 7) is 8.19. The van der Waals surface area contributed by atoms with Crippen LogP contribution in [-0.4, -0.2) is 9.97 Å². The summed E-state index contributed by atoms with van der Waals surface area (Å²) < 4.78 is 42.9. The summed E-state index contributed by atoms with van der Waals surface area (Å²) in [5.41, 5.74) is 4.52. The van der Waals surface area contributed by atoms with Crippen molar-refractivity contribution in [2.45, 2.75) is 39.3 Å². The van der Waals surface area contributed by atoms with E-state index in [0.717, 1.165) is 16.8 Å². The van der Waals surface area contributed by atoms with Crippen molar-refractivity contribution in [2.75, 3.05) is 0 Å². The second-order valence-electron chi connectivity index (χ2n) is 9.07. The van der Waals surface area contributed by atoms with Crippen molar-refractivity contribution in [1.82, 2.24) is 9.97 Å². The van der Waals surface area contributed by atoms with Crippen LogP contribution in [-0.2, 0) is 18.6 Å². The second kappa shape index (κ2) is 7.69. The van der Waals surface area contributed by atoms with Crippen LogP contribution in [0.25, 0.3) is 33.4 Å². The standard InChI is InChI=1S/C26H25F3N3/c1-16-14-20(26(27,28)29)23-24(31-12-11-30-23)22(16)21-15-17(10-13-32(21)5)18-8-6-7-9-19(18)25(2,3)4/h6-15H,1-5H3/q+1. The number of hydrogen-bond donors (Lipinski definition) is 0. The highest BCUT2D eigenvalue weighted by Crippen LogP contribution is 2.40. The first-order valence-corrected chi connectivity index (χ1v) is 10.4. The zero-order valence-corrected chi connectivity index (χ0v) is 18.7. The third kappa shape index (κ3) is 3.85. The SMILES string of the molecule is Cc1cc(C(F)(F)F)c2nccnc2c1-c1cc(-c2ccccc2C(C)(C)C)cc[n+]1C. The number of hydrogen-bond acceptors (Lipinski definition) is 2. The Balaban J connectivity index is 2.01. The molecular formula is C26H25F3N3+. The van der Waals surface area contributed by atoms with E-state index in [0.29, 0.717) is 11.1 Å². The topological polar surface area (TPSA) is 29.7 Å². The van der Waals surface area contributed by atoms with Crippen LogP contribution in [0.15, 0.2) is 61.1 Å². The molecule has 0 radical (unpaired) electrons. The van der Waals surface area contributed by atoms with Crippen molar-refractivity contribution < 1.29 is 17.7 Å². The van der Waals surface area contributed by atoms with Gasteiger partial charge in [0, 0.05) is 24.5 Å². The van der Waals surface area contributed by atoms with E-state index in [-0.39, 0.29) is 16.4 Å². The van der Waals surface area contributed by atoms with Crippen molar-refractivity contribution in [3.05, 3.63) is 77.7 Å². The maximum atomic E-state index is 13.7. The van der Waals surface area contributed by atoms with Crippen molar-refractivity contribution in [3.8, 4) is 22.4 Å². The molecule has 0 saturated carbocycles. The minimum absolute atomic E-state index is 0.0583. The Kier molecular flexibility index (Phi) is 5.27. The molecule has 3 nitrogen and oxygen atoms in total. The molecule has 0 N–H and O–H groups in total. The number of halogens is 3. The molecule has 0 fully saturated rings. The molecule has 2 heterocycles. The Morgan fingerprint density at radius 1 is 0.844 bits per heavy atom. The molecule has 32 heavy (non-hydrogen) atoms. The first kappa shape index (κ1) is 21.9. The molecular weight excluding hydrogens is 411 g/mol. The minimum Gasteiger partial charge on any atom is -0.252 e. The Morgan fingerprint density at radius 2 is 1.50 bits per heavy atom. The number of fused-ring (bicyclic) bond motifs is 1. The molecule has 4 rings (SSSR count). The van der Waals surface area contributed by atoms with Gasteiger partial charge >= 0.3 is 6.18 Å². The van der Waals surface area contributed by atoms with E-state index in [1.807, 2.05) is 42.1 Å². The highest BCUT2D eigenvalue weighted by Gasteiger charge is 2.35. The lowest BCUT2D eigenvalue weighted by atomic mass is 9.82. The van der Waals surface area contributed by atoms with Gasteiger partial charge in [0.25, 0.3) is 0 Å². The van der Waals surface area contributed by atoms with Crippen molar-refractivity contribution >= 4 is 11.0 Å². The fourth-order valence-electron chi connectivity index (χ4n) is 4.18. The Labute approximate surface area is 185 Å². The molecule has 0 atom stereocenters. The van der Waals surface area contributed by atoms with Gasteiger partial charge in [0.1, 0.15) is 18.1 Å². The quantitative estimate of drug-likeness (QED) is 0.340. The summed E-state index contributed by atoms with van der Waals surface area (Å²) in [6, 6.07) is 13.4. The predicted molar refractivity (Wildman–Crippen MR) is 120 cm³/mol. The number of nitrogens with zero attached hydrogens (tertiary/aromatic N) is 3. The van der Waals surface area contributed by atoms with Gasteiger partial charge in [-0.15, -0.1) is 0 Å². The van der Waals surface area contributed by atoms with Crippen LogP contribution in [0.4, 0.5) is 13.2 Å². The monoisotopic (exact) mass is 436 g/mol. The largest absolute Gasteiger partial charge is 0.418 e. The van der Waals surface area contributed by atoms with Crippen LogP contribution >= 0.6 is 0 Å². The van der Waals surface area contributed by atoms with Crippen molar-refractivity contribution in [2.24, 2.45) is 7.05 Å². The number of benzene rings is 2. The van der Waals surface area contributed by atoms with E-state index in [2.05, 4.69) is 42.9 Å². The van der Waals surface area contributed by atoms with E-state index in [4.69, 9.17) is 0 Å². The lowest BCUT2D eigenvalue weighted by Gasteiger charge is -2.23. The molecule has 4 aromatic rings. The van der Waals surface area contributed by atoms with Gasteiger partial charge < -0.3 is 0 Å². The van der Waals surface area contributed by atoms with Gasteiger partial charge in [0.05, 0.1) is 11.1 Å². The smallest absolute Gasteiger partial charge is 0.252 e. The maximum Gasteiger partial charge on any atom is 0.418 e. The van der Waals surface area contributed by atoms with E-state index in [1.54, 1.807) is 6.92 Å². The third-order valence-electron chi connectivity index (χ3n) is 5.70. The Morgan fingerprint density at radius 3 is 2.16 bits per heavy atom. The van der Waals surface area contributed by atoms with Gasteiger partial charge in [0.15, 0.2) is 6.20 Å². The number of pyridine rings is 1. The summed E-state index contributed by atoms with van der Waals surface area (Å²) >= 11 is 0. The van der Waals surface area contributed by atoms with Gasteiger partial charge in [-0.3, -0.25) is 9.97 Å². The molecule has 2 aromatic carbocycles. The summed E-state index contributed by atoms with van der Waals surface area (Å²) in [4.78, 5) is 8.36. The fraction of sp³-hybridized carbons (Fsp3) is 0.269. The second-order valence-corrected chi connectivity index (χ2v) is 9.07. The molecule has 0 spiro atoms. The number of alkyl halides is 3. The van der Waals surface area contributed by atoms with Crippen LogP contribution in [0.3, 0.4) is 0 Å². The van der Waals surface area contributed by atoms with Crippen LogP contribution < -0.4 is 4.57 Å². The normalized spacial score (nSPS) is 12.4. The summed E-state index contributed by atoms with van der Waals surface area (Å²) in [6.07, 6.45) is 0.160. The fourth-order valence-corrected chi connectivity index (χ4v) is 4.18. The first-order valence-electron chi connectivity index (χ1n) is 10.4. The number of rotatable bonds is 2. The summed E-state index contributed by atoms with van der Waals surface area (Å²) in [5.74, 6) is 0. The molecule has 164 valence electrons. The lowest BCUT2D eigenvalue weighted by molar-refractivity contribution is -0.660. The van der Waals surface area contributed by atoms with Gasteiger partial charge in [0.2, 0.25) is 5.69 Å². The van der Waals surface area contributed by atoms with E-state index in [9.17, 15) is 13.2 Å². The highest BCUT2D eigenvalue weighted by molar-refractivity contribution is 5.94.